The highest BCUT2D eigenvalue weighted by Gasteiger charge is 2.51. The van der Waals surface area contributed by atoms with E-state index in [2.05, 4.69) is 0 Å². The van der Waals surface area contributed by atoms with Gasteiger partial charge in [0, 0.05) is 12.1 Å². The van der Waals surface area contributed by atoms with Gasteiger partial charge in [-0.15, -0.1) is 0 Å². The van der Waals surface area contributed by atoms with Crippen LogP contribution in [0.2, 0.25) is 0 Å². The van der Waals surface area contributed by atoms with E-state index in [0.29, 0.717) is 0 Å². The van der Waals surface area contributed by atoms with Gasteiger partial charge in [0.1, 0.15) is 48.5 Å². The Bertz CT molecular complexity index is 762. The van der Waals surface area contributed by atoms with E-state index < -0.39 is 79.5 Å². The van der Waals surface area contributed by atoms with E-state index in [4.69, 9.17) is 18.9 Å². The fourth-order valence-corrected chi connectivity index (χ4v) is 3.41. The van der Waals surface area contributed by atoms with Crippen LogP contribution in [0.15, 0.2) is 24.3 Å². The lowest BCUT2D eigenvalue weighted by Gasteiger charge is -2.45. The van der Waals surface area contributed by atoms with Crippen LogP contribution in [0.3, 0.4) is 0 Å². The largest absolute Gasteiger partial charge is 0.462 e. The minimum atomic E-state index is -1.80. The summed E-state index contributed by atoms with van der Waals surface area (Å²) in [7, 11) is 0. The average Bonchev–Trinajstić information content (AvgIpc) is 2.78. The molecule has 0 saturated carbocycles. The number of nitro groups is 1. The molecular weight excluding hydrogens is 438 g/mol. The normalized spacial score (nSPS) is 40.1. The quantitative estimate of drug-likeness (QED) is 0.155. The van der Waals surface area contributed by atoms with Crippen molar-refractivity contribution in [3.63, 3.8) is 0 Å². The molecule has 0 radical (unpaired) electrons. The first-order valence-corrected chi connectivity index (χ1v) is 9.67. The molecule has 32 heavy (non-hydrogen) atoms. The molecule has 0 aromatic heterocycles. The van der Waals surface area contributed by atoms with Crippen molar-refractivity contribution >= 4 is 5.69 Å². The maximum Gasteiger partial charge on any atom is 0.269 e. The maximum absolute atomic E-state index is 10.8. The molecule has 0 spiro atoms. The maximum atomic E-state index is 10.8. The molecule has 14 heteroatoms. The zero-order chi connectivity index (χ0) is 23.6. The van der Waals surface area contributed by atoms with Gasteiger partial charge in [-0.2, -0.15) is 0 Å². The fourth-order valence-electron chi connectivity index (χ4n) is 3.41. The van der Waals surface area contributed by atoms with Crippen LogP contribution in [-0.2, 0) is 14.2 Å². The van der Waals surface area contributed by atoms with E-state index >= 15 is 0 Å². The van der Waals surface area contributed by atoms with Gasteiger partial charge < -0.3 is 54.7 Å². The van der Waals surface area contributed by atoms with Crippen LogP contribution in [-0.4, -0.2) is 115 Å². The Morgan fingerprint density at radius 2 is 1.34 bits per heavy atom. The van der Waals surface area contributed by atoms with E-state index in [1.165, 1.54) is 12.1 Å². The Labute approximate surface area is 180 Å². The van der Waals surface area contributed by atoms with Gasteiger partial charge in [-0.25, -0.2) is 0 Å². The number of hydrogen-bond donors (Lipinski definition) is 7. The Balaban J connectivity index is 1.81. The Hall–Kier alpha value is -1.98. The van der Waals surface area contributed by atoms with Gasteiger partial charge in [0.25, 0.3) is 5.69 Å². The van der Waals surface area contributed by atoms with Crippen LogP contribution < -0.4 is 4.74 Å². The highest BCUT2D eigenvalue weighted by atomic mass is 16.8. The van der Waals surface area contributed by atoms with Crippen molar-refractivity contribution < 1.29 is 59.6 Å². The lowest BCUT2D eigenvalue weighted by atomic mass is 9.97. The average molecular weight is 463 g/mol. The summed E-state index contributed by atoms with van der Waals surface area (Å²) in [6.07, 6.45) is -15.8. The van der Waals surface area contributed by atoms with Gasteiger partial charge in [0.15, 0.2) is 12.4 Å². The number of rotatable bonds is 7. The molecule has 1 aromatic rings. The first-order valence-electron chi connectivity index (χ1n) is 9.67. The number of benzene rings is 1. The standard InChI is InChI=1S/C18H25NO13/c20-5-9-11(22)13(24)15(26)17(30-9)32-16-14(25)12(23)10(6-21)31-18(16)29-8-3-1-7(2-4-8)19(27)28/h1-4,9-18,20-26H,5-6H2/t9-,10-,11-,12-,13+,14+,15+,16+,17-,18+/m1/s1. The molecule has 0 unspecified atom stereocenters. The van der Waals surface area contributed by atoms with Gasteiger partial charge in [-0.3, -0.25) is 10.1 Å². The van der Waals surface area contributed by atoms with Gasteiger partial charge >= 0.3 is 0 Å². The van der Waals surface area contributed by atoms with E-state index in [1.54, 1.807) is 0 Å². The summed E-state index contributed by atoms with van der Waals surface area (Å²) in [6, 6.07) is 4.80. The molecule has 2 aliphatic rings. The van der Waals surface area contributed by atoms with Crippen LogP contribution in [0.4, 0.5) is 5.69 Å². The highest BCUT2D eigenvalue weighted by Crippen LogP contribution is 2.31. The van der Waals surface area contributed by atoms with Crippen molar-refractivity contribution in [2.75, 3.05) is 13.2 Å². The van der Waals surface area contributed by atoms with Gasteiger partial charge in [0.05, 0.1) is 18.1 Å². The molecule has 0 amide bonds. The van der Waals surface area contributed by atoms with E-state index in [1.807, 2.05) is 0 Å². The first kappa shape index (κ1) is 24.7. The zero-order valence-electron chi connectivity index (χ0n) is 16.5. The SMILES string of the molecule is O=[N+]([O-])c1ccc(O[C@H]2O[C@H](CO)[C@@H](O)[C@H](O)[C@@H]2O[C@H]2O[C@H](CO)[C@@H](O)[C@H](O)[C@@H]2O)cc1. The molecule has 7 N–H and O–H groups in total. The number of ether oxygens (including phenoxy) is 4. The predicted molar refractivity (Wildman–Crippen MR) is 100 cm³/mol. The van der Waals surface area contributed by atoms with E-state index in [9.17, 15) is 45.9 Å². The Kier molecular flexibility index (Phi) is 7.94. The lowest BCUT2D eigenvalue weighted by molar-refractivity contribution is -0.384. The van der Waals surface area contributed by atoms with Gasteiger partial charge in [-0.05, 0) is 12.1 Å². The third-order valence-electron chi connectivity index (χ3n) is 5.26. The van der Waals surface area contributed by atoms with Crippen LogP contribution in [0, 0.1) is 10.1 Å². The number of aliphatic hydroxyl groups excluding tert-OH is 7. The minimum absolute atomic E-state index is 0.0586. The number of hydrogen-bond acceptors (Lipinski definition) is 13. The summed E-state index contributed by atoms with van der Waals surface area (Å²) in [4.78, 5) is 10.2. The molecule has 1 aromatic carbocycles. The topological polar surface area (TPSA) is 222 Å². The molecule has 0 bridgehead atoms. The van der Waals surface area contributed by atoms with Crippen LogP contribution in [0.1, 0.15) is 0 Å². The number of non-ortho nitro benzene ring substituents is 1. The number of nitrogens with zero attached hydrogens (tertiary/aromatic N) is 1. The van der Waals surface area contributed by atoms with Crippen molar-refractivity contribution in [2.24, 2.45) is 0 Å². The second-order valence-electron chi connectivity index (χ2n) is 7.37. The van der Waals surface area contributed by atoms with Crippen molar-refractivity contribution in [2.45, 2.75) is 61.4 Å². The van der Waals surface area contributed by atoms with Crippen LogP contribution in [0.25, 0.3) is 0 Å². The zero-order valence-corrected chi connectivity index (χ0v) is 16.5. The summed E-state index contributed by atoms with van der Waals surface area (Å²) in [5.41, 5.74) is -0.209. The summed E-state index contributed by atoms with van der Waals surface area (Å²) in [6.45, 7) is -1.41. The molecule has 2 aliphatic heterocycles. The fraction of sp³-hybridized carbons (Fsp3) is 0.667. The predicted octanol–water partition coefficient (Wildman–Crippen LogP) is -3.40. The Morgan fingerprint density at radius 1 is 0.812 bits per heavy atom. The Morgan fingerprint density at radius 3 is 1.88 bits per heavy atom. The molecule has 180 valence electrons. The smallest absolute Gasteiger partial charge is 0.269 e. The monoisotopic (exact) mass is 463 g/mol. The molecule has 10 atom stereocenters. The van der Waals surface area contributed by atoms with E-state index in [-0.39, 0.29) is 11.4 Å². The third kappa shape index (κ3) is 4.99. The van der Waals surface area contributed by atoms with Crippen molar-refractivity contribution in [1.29, 1.82) is 0 Å². The molecule has 0 aliphatic carbocycles. The highest BCUT2D eigenvalue weighted by molar-refractivity contribution is 5.36. The summed E-state index contributed by atoms with van der Waals surface area (Å²) >= 11 is 0. The summed E-state index contributed by atoms with van der Waals surface area (Å²) < 4.78 is 21.8. The van der Waals surface area contributed by atoms with Crippen molar-refractivity contribution in [3.05, 3.63) is 34.4 Å². The van der Waals surface area contributed by atoms with Crippen molar-refractivity contribution in [3.8, 4) is 5.75 Å². The molecular formula is C18H25NO13. The van der Waals surface area contributed by atoms with Crippen LogP contribution >= 0.6 is 0 Å². The van der Waals surface area contributed by atoms with Gasteiger partial charge in [0.2, 0.25) is 6.29 Å². The molecule has 2 fully saturated rings. The molecule has 14 nitrogen and oxygen atoms in total. The second-order valence-corrected chi connectivity index (χ2v) is 7.37. The molecule has 2 saturated heterocycles. The van der Waals surface area contributed by atoms with Crippen molar-refractivity contribution in [1.82, 2.24) is 0 Å². The summed E-state index contributed by atoms with van der Waals surface area (Å²) in [5.74, 6) is 0.0586. The van der Waals surface area contributed by atoms with E-state index in [0.717, 1.165) is 12.1 Å². The number of nitro benzene ring substituents is 1. The first-order chi connectivity index (χ1) is 15.2. The van der Waals surface area contributed by atoms with Crippen LogP contribution in [0.5, 0.6) is 5.75 Å². The third-order valence-corrected chi connectivity index (χ3v) is 5.26. The lowest BCUT2D eigenvalue weighted by Crippen LogP contribution is -2.65. The molecule has 2 heterocycles. The molecule has 3 rings (SSSR count). The summed E-state index contributed by atoms with van der Waals surface area (Å²) in [5, 5.41) is 80.3. The second kappa shape index (κ2) is 10.3. The van der Waals surface area contributed by atoms with Gasteiger partial charge in [-0.1, -0.05) is 0 Å². The number of aliphatic hydroxyl groups is 7. The minimum Gasteiger partial charge on any atom is -0.462 e.